The van der Waals surface area contributed by atoms with Crippen LogP contribution in [0.1, 0.15) is 34.3 Å². The lowest BCUT2D eigenvalue weighted by atomic mass is 10.1. The van der Waals surface area contributed by atoms with Crippen LogP contribution < -0.4 is 15.0 Å². The van der Waals surface area contributed by atoms with Crippen LogP contribution in [0.15, 0.2) is 42.5 Å². The van der Waals surface area contributed by atoms with Gasteiger partial charge in [0.1, 0.15) is 5.75 Å². The molecule has 1 aliphatic carbocycles. The first-order valence-electron chi connectivity index (χ1n) is 9.02. The molecule has 2 aromatic rings. The Bertz CT molecular complexity index is 858. The van der Waals surface area contributed by atoms with Crippen LogP contribution in [0.3, 0.4) is 0 Å². The summed E-state index contributed by atoms with van der Waals surface area (Å²) < 4.78 is 5.31. The first kappa shape index (κ1) is 16.6. The standard InChI is InChI=1S/C21H22N2O3/c1-26-19-5-3-2-4-17(19)13-22-20(24)16-8-9-18-15(12-16)10-11-23(18)21(25)14-6-7-14/h2-5,8-9,12,14H,6-7,10-11,13H2,1H3,(H,22,24). The van der Waals surface area contributed by atoms with Gasteiger partial charge >= 0.3 is 0 Å². The Labute approximate surface area is 153 Å². The average Bonchev–Trinajstić information content (AvgIpc) is 3.44. The second-order valence-electron chi connectivity index (χ2n) is 6.85. The minimum atomic E-state index is -0.120. The van der Waals surface area contributed by atoms with E-state index in [0.29, 0.717) is 12.1 Å². The number of benzene rings is 2. The summed E-state index contributed by atoms with van der Waals surface area (Å²) in [6.45, 7) is 1.13. The fraction of sp³-hybridized carbons (Fsp3) is 0.333. The molecule has 1 fully saturated rings. The average molecular weight is 350 g/mol. The Morgan fingerprint density at radius 2 is 2.00 bits per heavy atom. The molecule has 5 heteroatoms. The normalized spacial score (nSPS) is 15.5. The van der Waals surface area contributed by atoms with Crippen LogP contribution in [-0.4, -0.2) is 25.5 Å². The van der Waals surface area contributed by atoms with Gasteiger partial charge in [0.05, 0.1) is 7.11 Å². The van der Waals surface area contributed by atoms with Gasteiger partial charge < -0.3 is 15.0 Å². The quantitative estimate of drug-likeness (QED) is 0.902. The summed E-state index contributed by atoms with van der Waals surface area (Å²) in [6.07, 6.45) is 2.82. The molecule has 0 saturated heterocycles. The molecule has 1 aliphatic heterocycles. The third kappa shape index (κ3) is 3.17. The van der Waals surface area contributed by atoms with Crippen molar-refractivity contribution in [3.05, 3.63) is 59.2 Å². The zero-order valence-electron chi connectivity index (χ0n) is 14.8. The third-order valence-electron chi connectivity index (χ3n) is 5.06. The monoisotopic (exact) mass is 350 g/mol. The van der Waals surface area contributed by atoms with E-state index < -0.39 is 0 Å². The van der Waals surface area contributed by atoms with Gasteiger partial charge in [-0.25, -0.2) is 0 Å². The summed E-state index contributed by atoms with van der Waals surface area (Å²) >= 11 is 0. The maximum Gasteiger partial charge on any atom is 0.251 e. The van der Waals surface area contributed by atoms with Gasteiger partial charge in [-0.2, -0.15) is 0 Å². The number of hydrogen-bond donors (Lipinski definition) is 1. The number of nitrogens with one attached hydrogen (secondary N) is 1. The van der Waals surface area contributed by atoms with Crippen LogP contribution in [0.25, 0.3) is 0 Å². The van der Waals surface area contributed by atoms with Gasteiger partial charge in [-0.05, 0) is 49.1 Å². The summed E-state index contributed by atoms with van der Waals surface area (Å²) in [5, 5.41) is 2.94. The predicted octanol–water partition coefficient (Wildman–Crippen LogP) is 2.92. The molecule has 1 N–H and O–H groups in total. The maximum absolute atomic E-state index is 12.5. The molecular formula is C21H22N2O3. The number of carbonyl (C=O) groups is 2. The van der Waals surface area contributed by atoms with E-state index in [0.717, 1.165) is 48.4 Å². The van der Waals surface area contributed by atoms with Gasteiger partial charge in [-0.1, -0.05) is 18.2 Å². The van der Waals surface area contributed by atoms with Gasteiger partial charge in [0.2, 0.25) is 5.91 Å². The minimum absolute atomic E-state index is 0.120. The molecular weight excluding hydrogens is 328 g/mol. The number of para-hydroxylation sites is 1. The van der Waals surface area contributed by atoms with E-state index in [-0.39, 0.29) is 17.7 Å². The highest BCUT2D eigenvalue weighted by Crippen LogP contribution is 2.36. The second kappa shape index (κ2) is 6.83. The number of methoxy groups -OCH3 is 1. The Kier molecular flexibility index (Phi) is 4.37. The Morgan fingerprint density at radius 1 is 1.19 bits per heavy atom. The van der Waals surface area contributed by atoms with Crippen molar-refractivity contribution in [1.82, 2.24) is 5.32 Å². The third-order valence-corrected chi connectivity index (χ3v) is 5.06. The molecule has 5 nitrogen and oxygen atoms in total. The molecule has 0 aromatic heterocycles. The van der Waals surface area contributed by atoms with Crippen LogP contribution in [0.5, 0.6) is 5.75 Å². The van der Waals surface area contributed by atoms with Crippen LogP contribution >= 0.6 is 0 Å². The van der Waals surface area contributed by atoms with E-state index in [4.69, 9.17) is 4.74 Å². The van der Waals surface area contributed by atoms with Crippen molar-refractivity contribution in [1.29, 1.82) is 0 Å². The number of anilines is 1. The first-order valence-corrected chi connectivity index (χ1v) is 9.02. The zero-order valence-corrected chi connectivity index (χ0v) is 14.8. The van der Waals surface area contributed by atoms with E-state index >= 15 is 0 Å². The molecule has 0 atom stereocenters. The van der Waals surface area contributed by atoms with Gasteiger partial charge in [0.15, 0.2) is 0 Å². The molecule has 0 spiro atoms. The molecule has 134 valence electrons. The number of amides is 2. The molecule has 2 aromatic carbocycles. The van der Waals surface area contributed by atoms with Gasteiger partial charge in [0, 0.05) is 35.8 Å². The summed E-state index contributed by atoms with van der Waals surface area (Å²) in [5.74, 6) is 1.09. The van der Waals surface area contributed by atoms with Crippen molar-refractivity contribution in [2.45, 2.75) is 25.8 Å². The van der Waals surface area contributed by atoms with Crippen molar-refractivity contribution in [2.75, 3.05) is 18.6 Å². The van der Waals surface area contributed by atoms with E-state index in [2.05, 4.69) is 5.32 Å². The number of nitrogens with zero attached hydrogens (tertiary/aromatic N) is 1. The van der Waals surface area contributed by atoms with Crippen molar-refractivity contribution in [3.8, 4) is 5.75 Å². The summed E-state index contributed by atoms with van der Waals surface area (Å²) in [6, 6.07) is 13.2. The summed E-state index contributed by atoms with van der Waals surface area (Å²) in [5.41, 5.74) is 3.59. The van der Waals surface area contributed by atoms with Gasteiger partial charge in [-0.15, -0.1) is 0 Å². The first-order chi connectivity index (χ1) is 12.7. The number of fused-ring (bicyclic) bond motifs is 1. The molecule has 0 bridgehead atoms. The highest BCUT2D eigenvalue weighted by Gasteiger charge is 2.36. The molecule has 0 radical (unpaired) electrons. The van der Waals surface area contributed by atoms with E-state index in [1.807, 2.05) is 41.3 Å². The van der Waals surface area contributed by atoms with Crippen LogP contribution in [0.2, 0.25) is 0 Å². The largest absolute Gasteiger partial charge is 0.496 e. The number of hydrogen-bond acceptors (Lipinski definition) is 3. The number of carbonyl (C=O) groups excluding carboxylic acids is 2. The van der Waals surface area contributed by atoms with Crippen molar-refractivity contribution < 1.29 is 14.3 Å². The lowest BCUT2D eigenvalue weighted by Gasteiger charge is -2.17. The molecule has 1 heterocycles. The fourth-order valence-corrected chi connectivity index (χ4v) is 3.45. The van der Waals surface area contributed by atoms with E-state index in [1.54, 1.807) is 13.2 Å². The van der Waals surface area contributed by atoms with Gasteiger partial charge in [-0.3, -0.25) is 9.59 Å². The van der Waals surface area contributed by atoms with Crippen LogP contribution in [-0.2, 0) is 17.8 Å². The van der Waals surface area contributed by atoms with Gasteiger partial charge in [0.25, 0.3) is 5.91 Å². The fourth-order valence-electron chi connectivity index (χ4n) is 3.45. The number of ether oxygens (including phenoxy) is 1. The molecule has 4 rings (SSSR count). The lowest BCUT2D eigenvalue weighted by molar-refractivity contribution is -0.119. The predicted molar refractivity (Wildman–Crippen MR) is 99.4 cm³/mol. The molecule has 2 aliphatic rings. The van der Waals surface area contributed by atoms with E-state index in [9.17, 15) is 9.59 Å². The van der Waals surface area contributed by atoms with Crippen LogP contribution in [0.4, 0.5) is 5.69 Å². The van der Waals surface area contributed by atoms with Crippen molar-refractivity contribution in [2.24, 2.45) is 5.92 Å². The van der Waals surface area contributed by atoms with Crippen molar-refractivity contribution in [3.63, 3.8) is 0 Å². The van der Waals surface area contributed by atoms with Crippen LogP contribution in [0, 0.1) is 5.92 Å². The van der Waals surface area contributed by atoms with E-state index in [1.165, 1.54) is 0 Å². The Balaban J connectivity index is 1.45. The summed E-state index contributed by atoms with van der Waals surface area (Å²) in [7, 11) is 1.62. The molecule has 26 heavy (non-hydrogen) atoms. The Hall–Kier alpha value is -2.82. The minimum Gasteiger partial charge on any atom is -0.496 e. The molecule has 2 amide bonds. The zero-order chi connectivity index (χ0) is 18.1. The SMILES string of the molecule is COc1ccccc1CNC(=O)c1ccc2c(c1)CCN2C(=O)C1CC1. The topological polar surface area (TPSA) is 58.6 Å². The molecule has 0 unspecified atom stereocenters. The number of rotatable bonds is 5. The second-order valence-corrected chi connectivity index (χ2v) is 6.85. The van der Waals surface area contributed by atoms with Crippen molar-refractivity contribution >= 4 is 17.5 Å². The highest BCUT2D eigenvalue weighted by molar-refractivity contribution is 6.00. The lowest BCUT2D eigenvalue weighted by Crippen LogP contribution is -2.30. The Morgan fingerprint density at radius 3 is 2.77 bits per heavy atom. The molecule has 1 saturated carbocycles. The maximum atomic E-state index is 12.5. The summed E-state index contributed by atoms with van der Waals surface area (Å²) in [4.78, 5) is 26.7. The highest BCUT2D eigenvalue weighted by atomic mass is 16.5. The smallest absolute Gasteiger partial charge is 0.251 e.